The lowest BCUT2D eigenvalue weighted by atomic mass is 10.1. The Morgan fingerprint density at radius 3 is 3.06 bits per heavy atom. The SMILES string of the molecule is CC(C)N1CCC(c2ncc(CCN)o2)C1. The van der Waals surface area contributed by atoms with Crippen molar-refractivity contribution >= 4 is 0 Å². The molecule has 16 heavy (non-hydrogen) atoms. The van der Waals surface area contributed by atoms with Crippen LogP contribution >= 0.6 is 0 Å². The Morgan fingerprint density at radius 2 is 2.44 bits per heavy atom. The van der Waals surface area contributed by atoms with E-state index in [1.165, 1.54) is 0 Å². The highest BCUT2D eigenvalue weighted by molar-refractivity contribution is 5.03. The first-order valence-corrected chi connectivity index (χ1v) is 6.09. The van der Waals surface area contributed by atoms with Gasteiger partial charge in [-0.05, 0) is 33.4 Å². The van der Waals surface area contributed by atoms with Gasteiger partial charge in [0.05, 0.1) is 6.20 Å². The maximum Gasteiger partial charge on any atom is 0.198 e. The second-order valence-electron chi connectivity index (χ2n) is 4.78. The molecule has 4 heteroatoms. The maximum atomic E-state index is 5.72. The van der Waals surface area contributed by atoms with Gasteiger partial charge in [0.15, 0.2) is 5.89 Å². The Kier molecular flexibility index (Phi) is 3.61. The highest BCUT2D eigenvalue weighted by Crippen LogP contribution is 2.27. The van der Waals surface area contributed by atoms with Crippen LogP contribution in [-0.2, 0) is 6.42 Å². The highest BCUT2D eigenvalue weighted by Gasteiger charge is 2.28. The molecule has 1 aromatic heterocycles. The molecule has 2 rings (SSSR count). The van der Waals surface area contributed by atoms with E-state index in [2.05, 4.69) is 23.7 Å². The molecule has 1 saturated heterocycles. The van der Waals surface area contributed by atoms with Crippen LogP contribution < -0.4 is 5.73 Å². The minimum absolute atomic E-state index is 0.467. The van der Waals surface area contributed by atoms with Crippen LogP contribution in [0.5, 0.6) is 0 Å². The second-order valence-corrected chi connectivity index (χ2v) is 4.78. The summed E-state index contributed by atoms with van der Waals surface area (Å²) in [7, 11) is 0. The zero-order valence-corrected chi connectivity index (χ0v) is 10.1. The van der Waals surface area contributed by atoms with Crippen molar-refractivity contribution < 1.29 is 4.42 Å². The van der Waals surface area contributed by atoms with Crippen molar-refractivity contribution in [1.29, 1.82) is 0 Å². The average molecular weight is 223 g/mol. The minimum atomic E-state index is 0.467. The number of rotatable bonds is 4. The van der Waals surface area contributed by atoms with E-state index in [4.69, 9.17) is 10.2 Å². The first-order chi connectivity index (χ1) is 7.70. The third kappa shape index (κ3) is 2.44. The molecule has 0 aliphatic carbocycles. The van der Waals surface area contributed by atoms with Crippen LogP contribution in [-0.4, -0.2) is 35.6 Å². The van der Waals surface area contributed by atoms with Crippen LogP contribution in [0.3, 0.4) is 0 Å². The standard InChI is InChI=1S/C12H21N3O/c1-9(2)15-6-4-10(8-15)12-14-7-11(16-12)3-5-13/h7,9-10H,3-6,8,13H2,1-2H3. The second kappa shape index (κ2) is 4.97. The minimum Gasteiger partial charge on any atom is -0.445 e. The number of aromatic nitrogens is 1. The molecule has 0 spiro atoms. The molecule has 1 atom stereocenters. The van der Waals surface area contributed by atoms with E-state index in [9.17, 15) is 0 Å². The molecular formula is C12H21N3O. The Balaban J connectivity index is 1.97. The van der Waals surface area contributed by atoms with E-state index >= 15 is 0 Å². The Labute approximate surface area is 96.8 Å². The molecule has 0 saturated carbocycles. The summed E-state index contributed by atoms with van der Waals surface area (Å²) in [5, 5.41) is 0. The van der Waals surface area contributed by atoms with Gasteiger partial charge in [0.25, 0.3) is 0 Å². The smallest absolute Gasteiger partial charge is 0.198 e. The van der Waals surface area contributed by atoms with Crippen molar-refractivity contribution in [3.05, 3.63) is 17.8 Å². The average Bonchev–Trinajstić information content (AvgIpc) is 2.84. The molecule has 2 N–H and O–H groups in total. The summed E-state index contributed by atoms with van der Waals surface area (Å²) in [5.41, 5.74) is 5.49. The summed E-state index contributed by atoms with van der Waals surface area (Å²) in [6.07, 6.45) is 3.76. The fourth-order valence-corrected chi connectivity index (χ4v) is 2.23. The van der Waals surface area contributed by atoms with Gasteiger partial charge in [0.2, 0.25) is 0 Å². The monoisotopic (exact) mass is 223 g/mol. The summed E-state index contributed by atoms with van der Waals surface area (Å²) in [6.45, 7) is 7.31. The lowest BCUT2D eigenvalue weighted by Crippen LogP contribution is -2.27. The third-order valence-electron chi connectivity index (χ3n) is 3.26. The van der Waals surface area contributed by atoms with Crippen molar-refractivity contribution in [3.8, 4) is 0 Å². The number of likely N-dealkylation sites (tertiary alicyclic amines) is 1. The summed E-state index contributed by atoms with van der Waals surface area (Å²) in [5.74, 6) is 2.28. The summed E-state index contributed by atoms with van der Waals surface area (Å²) in [4.78, 5) is 6.83. The van der Waals surface area contributed by atoms with Gasteiger partial charge in [-0.2, -0.15) is 0 Å². The molecule has 1 aromatic rings. The number of hydrogen-bond donors (Lipinski definition) is 1. The van der Waals surface area contributed by atoms with E-state index < -0.39 is 0 Å². The Morgan fingerprint density at radius 1 is 1.62 bits per heavy atom. The van der Waals surface area contributed by atoms with Crippen LogP contribution in [0, 0.1) is 0 Å². The zero-order valence-electron chi connectivity index (χ0n) is 10.1. The van der Waals surface area contributed by atoms with Gasteiger partial charge in [-0.15, -0.1) is 0 Å². The summed E-state index contributed by atoms with van der Waals surface area (Å²) >= 11 is 0. The number of hydrogen-bond acceptors (Lipinski definition) is 4. The first-order valence-electron chi connectivity index (χ1n) is 6.09. The Hall–Kier alpha value is -0.870. The summed E-state index contributed by atoms with van der Waals surface area (Å²) in [6, 6.07) is 0.614. The molecule has 90 valence electrons. The molecule has 0 bridgehead atoms. The van der Waals surface area contributed by atoms with Crippen molar-refractivity contribution in [2.45, 2.75) is 38.6 Å². The van der Waals surface area contributed by atoms with E-state index in [0.29, 0.717) is 18.5 Å². The van der Waals surface area contributed by atoms with Gasteiger partial charge < -0.3 is 15.1 Å². The first kappa shape index (κ1) is 11.6. The van der Waals surface area contributed by atoms with Crippen LogP contribution in [0.25, 0.3) is 0 Å². The van der Waals surface area contributed by atoms with Crippen molar-refractivity contribution in [1.82, 2.24) is 9.88 Å². The molecule has 0 radical (unpaired) electrons. The molecule has 0 aromatic carbocycles. The van der Waals surface area contributed by atoms with E-state index in [1.54, 1.807) is 0 Å². The lowest BCUT2D eigenvalue weighted by Gasteiger charge is -2.19. The summed E-state index contributed by atoms with van der Waals surface area (Å²) < 4.78 is 5.72. The van der Waals surface area contributed by atoms with Crippen LogP contribution in [0.4, 0.5) is 0 Å². The van der Waals surface area contributed by atoms with E-state index in [0.717, 1.165) is 37.6 Å². The number of nitrogens with zero attached hydrogens (tertiary/aromatic N) is 2. The quantitative estimate of drug-likeness (QED) is 0.837. The van der Waals surface area contributed by atoms with Gasteiger partial charge in [-0.3, -0.25) is 0 Å². The van der Waals surface area contributed by atoms with Crippen LogP contribution in [0.15, 0.2) is 10.6 Å². The van der Waals surface area contributed by atoms with Gasteiger partial charge >= 0.3 is 0 Å². The molecule has 0 amide bonds. The topological polar surface area (TPSA) is 55.3 Å². The number of nitrogens with two attached hydrogens (primary N) is 1. The Bertz CT molecular complexity index is 335. The maximum absolute atomic E-state index is 5.72. The van der Waals surface area contributed by atoms with Crippen LogP contribution in [0.1, 0.15) is 37.8 Å². The fraction of sp³-hybridized carbons (Fsp3) is 0.750. The predicted octanol–water partition coefficient (Wildman–Crippen LogP) is 1.37. The lowest BCUT2D eigenvalue weighted by molar-refractivity contribution is 0.268. The largest absolute Gasteiger partial charge is 0.445 e. The zero-order chi connectivity index (χ0) is 11.5. The molecule has 1 aliphatic heterocycles. The predicted molar refractivity (Wildman–Crippen MR) is 63.3 cm³/mol. The fourth-order valence-electron chi connectivity index (χ4n) is 2.23. The molecule has 1 unspecified atom stereocenters. The van der Waals surface area contributed by atoms with Crippen molar-refractivity contribution in [3.63, 3.8) is 0 Å². The third-order valence-corrected chi connectivity index (χ3v) is 3.26. The molecule has 1 fully saturated rings. The highest BCUT2D eigenvalue weighted by atomic mass is 16.4. The van der Waals surface area contributed by atoms with Crippen molar-refractivity contribution in [2.24, 2.45) is 5.73 Å². The molecular weight excluding hydrogens is 202 g/mol. The molecule has 2 heterocycles. The van der Waals surface area contributed by atoms with Gasteiger partial charge in [-0.25, -0.2) is 4.98 Å². The molecule has 1 aliphatic rings. The van der Waals surface area contributed by atoms with E-state index in [1.807, 2.05) is 6.20 Å². The number of oxazole rings is 1. The van der Waals surface area contributed by atoms with Gasteiger partial charge in [0.1, 0.15) is 5.76 Å². The van der Waals surface area contributed by atoms with Gasteiger partial charge in [0, 0.05) is 24.9 Å². The van der Waals surface area contributed by atoms with E-state index in [-0.39, 0.29) is 0 Å². The van der Waals surface area contributed by atoms with Gasteiger partial charge in [-0.1, -0.05) is 0 Å². The normalized spacial score (nSPS) is 22.1. The molecule has 4 nitrogen and oxygen atoms in total. The van der Waals surface area contributed by atoms with Crippen LogP contribution in [0.2, 0.25) is 0 Å². The van der Waals surface area contributed by atoms with Crippen molar-refractivity contribution in [2.75, 3.05) is 19.6 Å².